The van der Waals surface area contributed by atoms with Crippen molar-refractivity contribution in [2.45, 2.75) is 38.1 Å². The van der Waals surface area contributed by atoms with Gasteiger partial charge in [-0.1, -0.05) is 42.8 Å². The van der Waals surface area contributed by atoms with Crippen LogP contribution in [0.5, 0.6) is 0 Å². The Labute approximate surface area is 129 Å². The van der Waals surface area contributed by atoms with E-state index in [0.29, 0.717) is 22.2 Å². The van der Waals surface area contributed by atoms with E-state index in [2.05, 4.69) is 11.9 Å². The van der Waals surface area contributed by atoms with Crippen molar-refractivity contribution in [3.05, 3.63) is 40.4 Å². The van der Waals surface area contributed by atoms with E-state index in [1.807, 2.05) is 13.0 Å². The molecule has 0 amide bonds. The van der Waals surface area contributed by atoms with Crippen LogP contribution >= 0.6 is 23.2 Å². The molecule has 2 nitrogen and oxygen atoms in total. The second-order valence-corrected chi connectivity index (χ2v) is 6.74. The molecule has 20 heavy (non-hydrogen) atoms. The van der Waals surface area contributed by atoms with Crippen LogP contribution in [0.25, 0.3) is 5.70 Å². The molecule has 0 aromatic heterocycles. The minimum atomic E-state index is -0.0951. The average Bonchev–Trinajstić information content (AvgIpc) is 3.19. The maximum Gasteiger partial charge on any atom is 0.141 e. The highest BCUT2D eigenvalue weighted by Crippen LogP contribution is 2.79. The van der Waals surface area contributed by atoms with Gasteiger partial charge in [0.15, 0.2) is 0 Å². The third kappa shape index (κ3) is 1.97. The van der Waals surface area contributed by atoms with E-state index >= 15 is 0 Å². The number of carbonyl (C=O) groups is 1. The highest BCUT2D eigenvalue weighted by Gasteiger charge is 2.86. The van der Waals surface area contributed by atoms with Crippen LogP contribution < -0.4 is 5.32 Å². The molecule has 3 rings (SSSR count). The standard InChI is InChI=1S/C16H17Cl2NO/c1-3-4-14(20)15-8-16(15,9-15)19-10(2)11-5-6-12(17)13(18)7-11/h5-7,19H,2-4,8-9H2,1H3. The van der Waals surface area contributed by atoms with Crippen molar-refractivity contribution >= 4 is 34.7 Å². The summed E-state index contributed by atoms with van der Waals surface area (Å²) in [7, 11) is 0. The Balaban J connectivity index is 1.67. The van der Waals surface area contributed by atoms with Crippen molar-refractivity contribution in [3.8, 4) is 0 Å². The van der Waals surface area contributed by atoms with Crippen molar-refractivity contribution in [2.24, 2.45) is 5.41 Å². The quantitative estimate of drug-likeness (QED) is 0.840. The lowest BCUT2D eigenvalue weighted by Crippen LogP contribution is -2.21. The third-order valence-electron chi connectivity index (χ3n) is 4.54. The second-order valence-electron chi connectivity index (χ2n) is 5.92. The lowest BCUT2D eigenvalue weighted by Gasteiger charge is -2.12. The first-order valence-corrected chi connectivity index (χ1v) is 7.65. The molecule has 4 heteroatoms. The van der Waals surface area contributed by atoms with Gasteiger partial charge in [-0.25, -0.2) is 0 Å². The number of benzene rings is 1. The fourth-order valence-electron chi connectivity index (χ4n) is 3.07. The summed E-state index contributed by atoms with van der Waals surface area (Å²) in [6, 6.07) is 5.45. The highest BCUT2D eigenvalue weighted by molar-refractivity contribution is 6.42. The van der Waals surface area contributed by atoms with Gasteiger partial charge in [0.2, 0.25) is 0 Å². The Kier molecular flexibility index (Phi) is 3.15. The SMILES string of the molecule is C=C(NC12CC1(C(=O)CCC)C2)c1ccc(Cl)c(Cl)c1. The van der Waals surface area contributed by atoms with Gasteiger partial charge in [-0.15, -0.1) is 0 Å². The molecular weight excluding hydrogens is 293 g/mol. The van der Waals surface area contributed by atoms with Crippen LogP contribution in [-0.2, 0) is 4.79 Å². The predicted molar refractivity (Wildman–Crippen MR) is 82.9 cm³/mol. The van der Waals surface area contributed by atoms with E-state index in [4.69, 9.17) is 23.2 Å². The molecule has 2 fully saturated rings. The van der Waals surface area contributed by atoms with Crippen LogP contribution in [0.15, 0.2) is 24.8 Å². The van der Waals surface area contributed by atoms with E-state index < -0.39 is 0 Å². The summed E-state index contributed by atoms with van der Waals surface area (Å²) >= 11 is 11.9. The molecule has 2 aliphatic carbocycles. The van der Waals surface area contributed by atoms with Crippen LogP contribution in [0.4, 0.5) is 0 Å². The maximum atomic E-state index is 12.1. The number of fused-ring (bicyclic) bond motifs is 1. The Morgan fingerprint density at radius 1 is 1.35 bits per heavy atom. The van der Waals surface area contributed by atoms with Gasteiger partial charge in [0.1, 0.15) is 5.78 Å². The summed E-state index contributed by atoms with van der Waals surface area (Å²) in [4.78, 5) is 12.1. The van der Waals surface area contributed by atoms with Crippen LogP contribution in [0.1, 0.15) is 38.2 Å². The Bertz CT molecular complexity index is 602. The Hall–Kier alpha value is -0.990. The first kappa shape index (κ1) is 14.0. The van der Waals surface area contributed by atoms with Crippen molar-refractivity contribution in [1.82, 2.24) is 5.32 Å². The number of Topliss-reactive ketones (excluding diaryl/α,β-unsaturated/α-hetero) is 1. The molecule has 106 valence electrons. The predicted octanol–water partition coefficient (Wildman–Crippen LogP) is 4.46. The topological polar surface area (TPSA) is 29.1 Å². The molecule has 0 heterocycles. The zero-order chi connectivity index (χ0) is 14.5. The van der Waals surface area contributed by atoms with Gasteiger partial charge in [0.25, 0.3) is 0 Å². The number of carbonyl (C=O) groups excluding carboxylic acids is 1. The summed E-state index contributed by atoms with van der Waals surface area (Å²) in [6.45, 7) is 6.10. The number of hydrogen-bond donors (Lipinski definition) is 1. The van der Waals surface area contributed by atoms with Gasteiger partial charge in [-0.05, 0) is 37.0 Å². The van der Waals surface area contributed by atoms with Gasteiger partial charge >= 0.3 is 0 Å². The van der Waals surface area contributed by atoms with Crippen molar-refractivity contribution in [2.75, 3.05) is 0 Å². The Morgan fingerprint density at radius 2 is 2.05 bits per heavy atom. The van der Waals surface area contributed by atoms with Gasteiger partial charge in [-0.3, -0.25) is 4.79 Å². The number of hydrogen-bond acceptors (Lipinski definition) is 2. The first-order chi connectivity index (χ1) is 9.44. The number of ketones is 1. The first-order valence-electron chi connectivity index (χ1n) is 6.90. The summed E-state index contributed by atoms with van der Waals surface area (Å²) in [5, 5.41) is 4.48. The summed E-state index contributed by atoms with van der Waals surface area (Å²) < 4.78 is 0. The number of halogens is 2. The van der Waals surface area contributed by atoms with Gasteiger partial charge in [0, 0.05) is 12.1 Å². The van der Waals surface area contributed by atoms with Crippen molar-refractivity contribution in [1.29, 1.82) is 0 Å². The normalized spacial score (nSPS) is 29.6. The molecule has 0 bridgehead atoms. The summed E-state index contributed by atoms with van der Waals surface area (Å²) in [6.07, 6.45) is 3.49. The monoisotopic (exact) mass is 309 g/mol. The van der Waals surface area contributed by atoms with Crippen LogP contribution in [0, 0.1) is 5.41 Å². The molecule has 0 unspecified atom stereocenters. The minimum absolute atomic E-state index is 0.0253. The molecule has 1 aromatic rings. The largest absolute Gasteiger partial charge is 0.379 e. The van der Waals surface area contributed by atoms with Crippen LogP contribution in [-0.4, -0.2) is 11.3 Å². The van der Waals surface area contributed by atoms with E-state index in [-0.39, 0.29) is 11.0 Å². The van der Waals surface area contributed by atoms with E-state index in [1.165, 1.54) is 0 Å². The zero-order valence-electron chi connectivity index (χ0n) is 11.4. The Morgan fingerprint density at radius 3 is 2.65 bits per heavy atom. The van der Waals surface area contributed by atoms with E-state index in [1.54, 1.807) is 12.1 Å². The number of nitrogens with one attached hydrogen (secondary N) is 1. The molecule has 1 N–H and O–H groups in total. The van der Waals surface area contributed by atoms with Crippen LogP contribution in [0.2, 0.25) is 10.0 Å². The molecule has 0 radical (unpaired) electrons. The summed E-state index contributed by atoms with van der Waals surface area (Å²) in [5.74, 6) is 0.398. The van der Waals surface area contributed by atoms with Gasteiger partial charge < -0.3 is 5.32 Å². The molecule has 0 saturated heterocycles. The van der Waals surface area contributed by atoms with E-state index in [9.17, 15) is 4.79 Å². The fourth-order valence-corrected chi connectivity index (χ4v) is 3.37. The molecule has 0 atom stereocenters. The lowest BCUT2D eigenvalue weighted by atomic mass is 10.1. The van der Waals surface area contributed by atoms with E-state index in [0.717, 1.165) is 30.5 Å². The maximum absolute atomic E-state index is 12.1. The molecule has 1 aromatic carbocycles. The molecular formula is C16H17Cl2NO. The van der Waals surface area contributed by atoms with Crippen molar-refractivity contribution in [3.63, 3.8) is 0 Å². The summed E-state index contributed by atoms with van der Waals surface area (Å²) in [5.41, 5.74) is 1.61. The van der Waals surface area contributed by atoms with Crippen molar-refractivity contribution < 1.29 is 4.79 Å². The second kappa shape index (κ2) is 4.51. The minimum Gasteiger partial charge on any atom is -0.379 e. The molecule has 2 saturated carbocycles. The lowest BCUT2D eigenvalue weighted by molar-refractivity contribution is -0.122. The fraction of sp³-hybridized carbons (Fsp3) is 0.438. The third-order valence-corrected chi connectivity index (χ3v) is 5.28. The molecule has 0 spiro atoms. The smallest absolute Gasteiger partial charge is 0.141 e. The number of rotatable bonds is 6. The van der Waals surface area contributed by atoms with Gasteiger partial charge in [0.05, 0.1) is 21.0 Å². The van der Waals surface area contributed by atoms with Gasteiger partial charge in [-0.2, -0.15) is 0 Å². The zero-order valence-corrected chi connectivity index (χ0v) is 12.9. The highest BCUT2D eigenvalue weighted by atomic mass is 35.5. The molecule has 2 aliphatic rings. The average molecular weight is 310 g/mol. The van der Waals surface area contributed by atoms with Crippen LogP contribution in [0.3, 0.4) is 0 Å². The molecule has 0 aliphatic heterocycles.